The molecule has 2 unspecified atom stereocenters. The van der Waals surface area contributed by atoms with Crippen molar-refractivity contribution < 1.29 is 14.7 Å². The van der Waals surface area contributed by atoms with E-state index in [-0.39, 0.29) is 18.0 Å². The zero-order valence-electron chi connectivity index (χ0n) is 12.1. The molecule has 20 heavy (non-hydrogen) atoms. The van der Waals surface area contributed by atoms with Gasteiger partial charge in [0.2, 0.25) is 0 Å². The number of carboxylic acids is 1. The molecule has 2 aliphatic carbocycles. The van der Waals surface area contributed by atoms with Crippen LogP contribution < -0.4 is 10.6 Å². The Balaban J connectivity index is 1.59. The van der Waals surface area contributed by atoms with Crippen LogP contribution in [0.4, 0.5) is 4.79 Å². The molecule has 0 radical (unpaired) electrons. The second kappa shape index (κ2) is 6.92. The molecule has 0 aromatic rings. The molecule has 6 heteroatoms. The SMILES string of the molecule is CCN(CCNC(=O)NC1CCC(C(=O)O)C1)C1CC1. The minimum atomic E-state index is -0.752. The molecule has 114 valence electrons. The maximum atomic E-state index is 11.7. The zero-order chi connectivity index (χ0) is 14.5. The lowest BCUT2D eigenvalue weighted by atomic mass is 10.1. The Labute approximate surface area is 119 Å². The molecule has 2 atom stereocenters. The molecular weight excluding hydrogens is 258 g/mol. The van der Waals surface area contributed by atoms with Gasteiger partial charge in [-0.2, -0.15) is 0 Å². The highest BCUT2D eigenvalue weighted by atomic mass is 16.4. The van der Waals surface area contributed by atoms with Gasteiger partial charge in [-0.3, -0.25) is 9.69 Å². The summed E-state index contributed by atoms with van der Waals surface area (Å²) in [5, 5.41) is 14.6. The molecule has 0 aliphatic heterocycles. The number of amides is 2. The molecule has 0 spiro atoms. The molecule has 2 fully saturated rings. The van der Waals surface area contributed by atoms with Crippen molar-refractivity contribution in [1.82, 2.24) is 15.5 Å². The van der Waals surface area contributed by atoms with Crippen LogP contribution in [0.5, 0.6) is 0 Å². The highest BCUT2D eigenvalue weighted by Crippen LogP contribution is 2.26. The van der Waals surface area contributed by atoms with Crippen molar-refractivity contribution in [3.05, 3.63) is 0 Å². The Morgan fingerprint density at radius 1 is 1.25 bits per heavy atom. The predicted octanol–water partition coefficient (Wildman–Crippen LogP) is 1.02. The maximum absolute atomic E-state index is 11.7. The first kappa shape index (κ1) is 15.1. The monoisotopic (exact) mass is 283 g/mol. The molecule has 2 aliphatic rings. The highest BCUT2D eigenvalue weighted by Gasteiger charge is 2.30. The van der Waals surface area contributed by atoms with E-state index < -0.39 is 5.97 Å². The summed E-state index contributed by atoms with van der Waals surface area (Å²) >= 11 is 0. The molecule has 2 amide bonds. The topological polar surface area (TPSA) is 81.7 Å². The third kappa shape index (κ3) is 4.37. The van der Waals surface area contributed by atoms with E-state index in [2.05, 4.69) is 22.5 Å². The van der Waals surface area contributed by atoms with Gasteiger partial charge in [-0.15, -0.1) is 0 Å². The van der Waals surface area contributed by atoms with Crippen LogP contribution in [0.3, 0.4) is 0 Å². The van der Waals surface area contributed by atoms with Crippen LogP contribution in [0.1, 0.15) is 39.0 Å². The van der Waals surface area contributed by atoms with Gasteiger partial charge in [0.1, 0.15) is 0 Å². The van der Waals surface area contributed by atoms with E-state index >= 15 is 0 Å². The molecule has 0 aromatic carbocycles. The highest BCUT2D eigenvalue weighted by molar-refractivity contribution is 5.75. The lowest BCUT2D eigenvalue weighted by Gasteiger charge is -2.20. The Hall–Kier alpha value is -1.30. The van der Waals surface area contributed by atoms with Crippen molar-refractivity contribution in [2.24, 2.45) is 5.92 Å². The molecule has 0 bridgehead atoms. The fourth-order valence-corrected chi connectivity index (χ4v) is 2.92. The second-order valence-electron chi connectivity index (χ2n) is 5.81. The lowest BCUT2D eigenvalue weighted by Crippen LogP contribution is -2.44. The summed E-state index contributed by atoms with van der Waals surface area (Å²) in [7, 11) is 0. The third-order valence-electron chi connectivity index (χ3n) is 4.27. The average Bonchev–Trinajstić information content (AvgIpc) is 3.14. The Morgan fingerprint density at radius 3 is 2.55 bits per heavy atom. The van der Waals surface area contributed by atoms with Gasteiger partial charge in [0, 0.05) is 25.2 Å². The van der Waals surface area contributed by atoms with Crippen LogP contribution in [0, 0.1) is 5.92 Å². The van der Waals surface area contributed by atoms with Gasteiger partial charge in [-0.1, -0.05) is 6.92 Å². The number of rotatable bonds is 7. The summed E-state index contributed by atoms with van der Waals surface area (Å²) in [5.74, 6) is -1.05. The smallest absolute Gasteiger partial charge is 0.315 e. The third-order valence-corrected chi connectivity index (χ3v) is 4.27. The number of hydrogen-bond donors (Lipinski definition) is 3. The fourth-order valence-electron chi connectivity index (χ4n) is 2.92. The second-order valence-corrected chi connectivity index (χ2v) is 5.81. The molecule has 6 nitrogen and oxygen atoms in total. The largest absolute Gasteiger partial charge is 0.481 e. The normalized spacial score (nSPS) is 25.7. The van der Waals surface area contributed by atoms with Gasteiger partial charge in [0.15, 0.2) is 0 Å². The van der Waals surface area contributed by atoms with Crippen LogP contribution >= 0.6 is 0 Å². The van der Waals surface area contributed by atoms with Crippen molar-refractivity contribution in [1.29, 1.82) is 0 Å². The van der Waals surface area contributed by atoms with Crippen LogP contribution in [0.2, 0.25) is 0 Å². The van der Waals surface area contributed by atoms with Crippen LogP contribution in [-0.2, 0) is 4.79 Å². The molecule has 0 aromatic heterocycles. The van der Waals surface area contributed by atoms with Crippen LogP contribution in [0.25, 0.3) is 0 Å². The molecule has 0 saturated heterocycles. The minimum absolute atomic E-state index is 0.00168. The molecule has 2 saturated carbocycles. The van der Waals surface area contributed by atoms with Gasteiger partial charge in [-0.25, -0.2) is 4.79 Å². The summed E-state index contributed by atoms with van der Waals surface area (Å²) < 4.78 is 0. The summed E-state index contributed by atoms with van der Waals surface area (Å²) in [4.78, 5) is 25.0. The Morgan fingerprint density at radius 2 is 2.00 bits per heavy atom. The number of likely N-dealkylation sites (N-methyl/N-ethyl adjacent to an activating group) is 1. The average molecular weight is 283 g/mol. The van der Waals surface area contributed by atoms with Crippen LogP contribution in [-0.4, -0.2) is 53.7 Å². The Bertz CT molecular complexity index is 358. The number of carboxylic acid groups (broad SMARTS) is 1. The predicted molar refractivity (Wildman–Crippen MR) is 75.6 cm³/mol. The van der Waals surface area contributed by atoms with E-state index in [1.165, 1.54) is 12.8 Å². The van der Waals surface area contributed by atoms with E-state index in [1.54, 1.807) is 0 Å². The fraction of sp³-hybridized carbons (Fsp3) is 0.857. The van der Waals surface area contributed by atoms with Gasteiger partial charge in [0.05, 0.1) is 5.92 Å². The number of urea groups is 1. The van der Waals surface area contributed by atoms with E-state index in [0.29, 0.717) is 19.4 Å². The number of nitrogens with one attached hydrogen (secondary N) is 2. The standard InChI is InChI=1S/C14H25N3O3/c1-2-17(12-5-6-12)8-7-15-14(20)16-11-4-3-10(9-11)13(18)19/h10-12H,2-9H2,1H3,(H,18,19)(H2,15,16,20). The van der Waals surface area contributed by atoms with E-state index in [4.69, 9.17) is 5.11 Å². The van der Waals surface area contributed by atoms with Gasteiger partial charge in [0.25, 0.3) is 0 Å². The zero-order valence-corrected chi connectivity index (χ0v) is 12.1. The molecule has 0 heterocycles. The van der Waals surface area contributed by atoms with Crippen molar-refractivity contribution >= 4 is 12.0 Å². The number of nitrogens with zero attached hydrogens (tertiary/aromatic N) is 1. The van der Waals surface area contributed by atoms with Gasteiger partial charge in [-0.05, 0) is 38.6 Å². The van der Waals surface area contributed by atoms with Crippen LogP contribution in [0.15, 0.2) is 0 Å². The quantitative estimate of drug-likeness (QED) is 0.651. The van der Waals surface area contributed by atoms with E-state index in [0.717, 1.165) is 25.6 Å². The molecule has 3 N–H and O–H groups in total. The number of carbonyl (C=O) groups excluding carboxylic acids is 1. The minimum Gasteiger partial charge on any atom is -0.481 e. The number of carbonyl (C=O) groups is 2. The Kier molecular flexibility index (Phi) is 5.23. The lowest BCUT2D eigenvalue weighted by molar-refractivity contribution is -0.141. The maximum Gasteiger partial charge on any atom is 0.315 e. The summed E-state index contributed by atoms with van der Waals surface area (Å²) in [6.07, 6.45) is 4.52. The molecular formula is C14H25N3O3. The first-order valence-electron chi connectivity index (χ1n) is 7.61. The summed E-state index contributed by atoms with van der Waals surface area (Å²) in [5.41, 5.74) is 0. The van der Waals surface area contributed by atoms with Crippen molar-refractivity contribution in [3.63, 3.8) is 0 Å². The van der Waals surface area contributed by atoms with Crippen molar-refractivity contribution in [2.45, 2.75) is 51.1 Å². The molecule has 2 rings (SSSR count). The van der Waals surface area contributed by atoms with E-state index in [9.17, 15) is 9.59 Å². The summed E-state index contributed by atoms with van der Waals surface area (Å²) in [6.45, 7) is 4.70. The number of hydrogen-bond acceptors (Lipinski definition) is 3. The first-order chi connectivity index (χ1) is 9.60. The van der Waals surface area contributed by atoms with Gasteiger partial charge >= 0.3 is 12.0 Å². The summed E-state index contributed by atoms with van der Waals surface area (Å²) in [6, 6.07) is 0.547. The number of aliphatic carboxylic acids is 1. The van der Waals surface area contributed by atoms with E-state index in [1.807, 2.05) is 0 Å². The first-order valence-corrected chi connectivity index (χ1v) is 7.61. The van der Waals surface area contributed by atoms with Crippen molar-refractivity contribution in [2.75, 3.05) is 19.6 Å². The van der Waals surface area contributed by atoms with Gasteiger partial charge < -0.3 is 15.7 Å². The van der Waals surface area contributed by atoms with Crippen molar-refractivity contribution in [3.8, 4) is 0 Å².